The maximum atomic E-state index is 8.81. The Morgan fingerprint density at radius 3 is 2.20 bits per heavy atom. The molecule has 0 aromatic rings. The third-order valence-electron chi connectivity index (χ3n) is 3.43. The Hall–Kier alpha value is -0.590. The zero-order chi connectivity index (χ0) is 10.7. The molecule has 0 bridgehead atoms. The molecule has 1 saturated heterocycles. The molecule has 0 aromatic heterocycles. The van der Waals surface area contributed by atoms with E-state index in [2.05, 4.69) is 13.0 Å². The Morgan fingerprint density at radius 1 is 1.07 bits per heavy atom. The summed E-state index contributed by atoms with van der Waals surface area (Å²) in [5.41, 5.74) is 0. The van der Waals surface area contributed by atoms with Gasteiger partial charge in [0.05, 0.1) is 19.3 Å². The molecule has 2 rings (SSSR count). The minimum absolute atomic E-state index is 0.000780. The first-order valence-electron chi connectivity index (χ1n) is 5.92. The van der Waals surface area contributed by atoms with Crippen LogP contribution in [-0.4, -0.2) is 19.5 Å². The lowest BCUT2D eigenvalue weighted by Gasteiger charge is -2.35. The molecular formula is C12H19NO2. The molecule has 0 N–H and O–H groups in total. The van der Waals surface area contributed by atoms with E-state index < -0.39 is 0 Å². The number of nitrogens with zero attached hydrogens (tertiary/aromatic N) is 1. The van der Waals surface area contributed by atoms with Gasteiger partial charge >= 0.3 is 0 Å². The number of hydrogen-bond donors (Lipinski definition) is 0. The molecule has 1 aliphatic carbocycles. The summed E-state index contributed by atoms with van der Waals surface area (Å²) in [4.78, 5) is 0. The quantitative estimate of drug-likeness (QED) is 0.665. The van der Waals surface area contributed by atoms with Crippen molar-refractivity contribution in [3.05, 3.63) is 0 Å². The molecule has 0 amide bonds. The summed E-state index contributed by atoms with van der Waals surface area (Å²) >= 11 is 0. The molecule has 1 aliphatic heterocycles. The van der Waals surface area contributed by atoms with Crippen LogP contribution in [-0.2, 0) is 9.47 Å². The fraction of sp³-hybridized carbons (Fsp3) is 0.917. The second-order valence-electron chi connectivity index (χ2n) is 4.88. The van der Waals surface area contributed by atoms with Crippen LogP contribution in [0, 0.1) is 29.1 Å². The second kappa shape index (κ2) is 4.96. The van der Waals surface area contributed by atoms with E-state index in [4.69, 9.17) is 14.7 Å². The highest BCUT2D eigenvalue weighted by molar-refractivity contribution is 4.88. The van der Waals surface area contributed by atoms with E-state index in [9.17, 15) is 0 Å². The van der Waals surface area contributed by atoms with Gasteiger partial charge in [0.15, 0.2) is 6.29 Å². The molecule has 0 unspecified atom stereocenters. The van der Waals surface area contributed by atoms with E-state index in [1.54, 1.807) is 0 Å². The van der Waals surface area contributed by atoms with Crippen molar-refractivity contribution in [2.75, 3.05) is 13.2 Å². The first kappa shape index (κ1) is 10.9. The number of nitriles is 1. The van der Waals surface area contributed by atoms with E-state index in [0.717, 1.165) is 38.9 Å². The van der Waals surface area contributed by atoms with Gasteiger partial charge in [0, 0.05) is 17.8 Å². The first-order valence-corrected chi connectivity index (χ1v) is 5.92. The van der Waals surface area contributed by atoms with Crippen LogP contribution in [0.15, 0.2) is 0 Å². The van der Waals surface area contributed by atoms with Crippen LogP contribution in [0.4, 0.5) is 0 Å². The van der Waals surface area contributed by atoms with Crippen molar-refractivity contribution < 1.29 is 9.47 Å². The van der Waals surface area contributed by atoms with Crippen molar-refractivity contribution in [1.82, 2.24) is 0 Å². The summed E-state index contributed by atoms with van der Waals surface area (Å²) in [7, 11) is 0. The Bertz CT molecular complexity index is 232. The maximum absolute atomic E-state index is 8.81. The number of ether oxygens (including phenoxy) is 2. The summed E-state index contributed by atoms with van der Waals surface area (Å²) in [6.07, 6.45) is 4.19. The van der Waals surface area contributed by atoms with Gasteiger partial charge in [-0.05, 0) is 25.7 Å². The van der Waals surface area contributed by atoms with Gasteiger partial charge in [-0.2, -0.15) is 5.26 Å². The summed E-state index contributed by atoms with van der Waals surface area (Å²) in [5.74, 6) is 1.31. The average molecular weight is 209 g/mol. The first-order chi connectivity index (χ1) is 7.29. The van der Waals surface area contributed by atoms with E-state index in [-0.39, 0.29) is 12.2 Å². The van der Waals surface area contributed by atoms with Crippen molar-refractivity contribution in [3.63, 3.8) is 0 Å². The molecular weight excluding hydrogens is 190 g/mol. The summed E-state index contributed by atoms with van der Waals surface area (Å²) in [5, 5.41) is 8.81. The van der Waals surface area contributed by atoms with E-state index in [0.29, 0.717) is 11.8 Å². The molecule has 1 saturated carbocycles. The third kappa shape index (κ3) is 2.70. The van der Waals surface area contributed by atoms with Crippen LogP contribution in [0.2, 0.25) is 0 Å². The van der Waals surface area contributed by atoms with Crippen LogP contribution >= 0.6 is 0 Å². The number of rotatable bonds is 1. The SMILES string of the molecule is CC1COC(C2CCC(C#N)CC2)OC1. The topological polar surface area (TPSA) is 42.2 Å². The lowest BCUT2D eigenvalue weighted by Crippen LogP contribution is -2.37. The third-order valence-corrected chi connectivity index (χ3v) is 3.43. The van der Waals surface area contributed by atoms with Crippen LogP contribution in [0.25, 0.3) is 0 Å². The van der Waals surface area contributed by atoms with Crippen molar-refractivity contribution in [2.45, 2.75) is 38.9 Å². The normalized spacial score (nSPS) is 42.1. The zero-order valence-corrected chi connectivity index (χ0v) is 9.32. The standard InChI is InChI=1S/C12H19NO2/c1-9-7-14-12(15-8-9)11-4-2-10(6-13)3-5-11/h9-12H,2-5,7-8H2,1H3. The average Bonchev–Trinajstić information content (AvgIpc) is 2.30. The van der Waals surface area contributed by atoms with Crippen molar-refractivity contribution in [2.24, 2.45) is 17.8 Å². The molecule has 84 valence electrons. The number of hydrogen-bond acceptors (Lipinski definition) is 3. The molecule has 0 aromatic carbocycles. The van der Waals surface area contributed by atoms with Gasteiger partial charge in [-0.1, -0.05) is 6.92 Å². The van der Waals surface area contributed by atoms with Crippen molar-refractivity contribution in [1.29, 1.82) is 5.26 Å². The largest absolute Gasteiger partial charge is 0.352 e. The Labute approximate surface area is 91.4 Å². The summed E-state index contributed by atoms with van der Waals surface area (Å²) in [6.45, 7) is 3.79. The molecule has 2 fully saturated rings. The van der Waals surface area contributed by atoms with Gasteiger partial charge in [-0.15, -0.1) is 0 Å². The zero-order valence-electron chi connectivity index (χ0n) is 9.32. The van der Waals surface area contributed by atoms with Gasteiger partial charge < -0.3 is 9.47 Å². The molecule has 0 atom stereocenters. The second-order valence-corrected chi connectivity index (χ2v) is 4.88. The Kier molecular flexibility index (Phi) is 3.61. The fourth-order valence-electron chi connectivity index (χ4n) is 2.41. The smallest absolute Gasteiger partial charge is 0.160 e. The Balaban J connectivity index is 1.78. The lowest BCUT2D eigenvalue weighted by atomic mass is 9.82. The van der Waals surface area contributed by atoms with Gasteiger partial charge in [0.25, 0.3) is 0 Å². The molecule has 3 heteroatoms. The van der Waals surface area contributed by atoms with Crippen molar-refractivity contribution >= 4 is 0 Å². The lowest BCUT2D eigenvalue weighted by molar-refractivity contribution is -0.226. The molecule has 1 heterocycles. The molecule has 2 aliphatic rings. The molecule has 0 radical (unpaired) electrons. The van der Waals surface area contributed by atoms with Gasteiger partial charge in [-0.3, -0.25) is 0 Å². The minimum atomic E-state index is 0.000780. The van der Waals surface area contributed by atoms with Crippen LogP contribution in [0.1, 0.15) is 32.6 Å². The van der Waals surface area contributed by atoms with E-state index >= 15 is 0 Å². The van der Waals surface area contributed by atoms with E-state index in [1.165, 1.54) is 0 Å². The molecule has 0 spiro atoms. The van der Waals surface area contributed by atoms with Gasteiger partial charge in [0.1, 0.15) is 0 Å². The molecule has 3 nitrogen and oxygen atoms in total. The van der Waals surface area contributed by atoms with Crippen molar-refractivity contribution in [3.8, 4) is 6.07 Å². The summed E-state index contributed by atoms with van der Waals surface area (Å²) in [6, 6.07) is 2.35. The van der Waals surface area contributed by atoms with Crippen LogP contribution in [0.5, 0.6) is 0 Å². The van der Waals surface area contributed by atoms with Crippen LogP contribution < -0.4 is 0 Å². The highest BCUT2D eigenvalue weighted by Crippen LogP contribution is 2.33. The predicted octanol–water partition coefficient (Wildman–Crippen LogP) is 2.33. The highest BCUT2D eigenvalue weighted by atomic mass is 16.7. The minimum Gasteiger partial charge on any atom is -0.352 e. The van der Waals surface area contributed by atoms with Gasteiger partial charge in [0.2, 0.25) is 0 Å². The van der Waals surface area contributed by atoms with Crippen LogP contribution in [0.3, 0.4) is 0 Å². The predicted molar refractivity (Wildman–Crippen MR) is 55.9 cm³/mol. The highest BCUT2D eigenvalue weighted by Gasteiger charge is 2.31. The Morgan fingerprint density at radius 2 is 1.67 bits per heavy atom. The van der Waals surface area contributed by atoms with Gasteiger partial charge in [-0.25, -0.2) is 0 Å². The monoisotopic (exact) mass is 209 g/mol. The fourth-order valence-corrected chi connectivity index (χ4v) is 2.41. The summed E-state index contributed by atoms with van der Waals surface area (Å²) < 4.78 is 11.4. The van der Waals surface area contributed by atoms with E-state index in [1.807, 2.05) is 0 Å². The maximum Gasteiger partial charge on any atom is 0.160 e. The molecule has 15 heavy (non-hydrogen) atoms.